The van der Waals surface area contributed by atoms with Crippen LogP contribution in [0, 0.1) is 19.7 Å². The molecule has 9 nitrogen and oxygen atoms in total. The summed E-state index contributed by atoms with van der Waals surface area (Å²) in [6.45, 7) is 17.5. The van der Waals surface area contributed by atoms with Crippen LogP contribution in [0.2, 0.25) is 0 Å². The van der Waals surface area contributed by atoms with Gasteiger partial charge in [0.25, 0.3) is 17.4 Å². The normalized spacial score (nSPS) is 16.3. The van der Waals surface area contributed by atoms with E-state index in [1.807, 2.05) is 46.4 Å². The third kappa shape index (κ3) is 8.83. The number of nitrogens with one attached hydrogen (secondary N) is 1. The quantitative estimate of drug-likeness (QED) is 0.180. The molecule has 1 aliphatic heterocycles. The zero-order valence-electron chi connectivity index (χ0n) is 31.8. The summed E-state index contributed by atoms with van der Waals surface area (Å²) in [5.41, 5.74) is 0.192. The van der Waals surface area contributed by atoms with Crippen molar-refractivity contribution in [1.82, 2.24) is 14.9 Å². The van der Waals surface area contributed by atoms with Gasteiger partial charge in [0.1, 0.15) is 11.9 Å². The van der Waals surface area contributed by atoms with Crippen molar-refractivity contribution in [3.8, 4) is 11.1 Å². The van der Waals surface area contributed by atoms with Gasteiger partial charge in [0.15, 0.2) is 0 Å². The van der Waals surface area contributed by atoms with Crippen LogP contribution in [-0.4, -0.2) is 57.9 Å². The van der Waals surface area contributed by atoms with E-state index in [9.17, 15) is 28.3 Å². The van der Waals surface area contributed by atoms with Crippen LogP contribution in [0.15, 0.2) is 53.5 Å². The molecule has 0 unspecified atom stereocenters. The standard InChI is InChI=1S/C36H39F3N4O5.2C2H6/c1-7-35(4)19-43(13-14-48-35)23-15-20(2)29(27(37)18-23)32(44)41-28(34(46)47)17-22-10-11-25(31-24(22)9-8-12-40-31)30-26(36(5,38)39)16-21(3)42(6)33(30)45;2*1-2/h8-12,15-16,18,28H,7,13-14,17,19H2,1-6H3,(H,41,44)(H,46,47);2*1-2H3/t28-,35-;;/m0../s1. The number of nitrogens with zero attached hydrogens (tertiary/aromatic N) is 3. The first kappa shape index (κ1) is 41.7. The average molecular weight is 725 g/mol. The lowest BCUT2D eigenvalue weighted by Gasteiger charge is -2.41. The van der Waals surface area contributed by atoms with Crippen LogP contribution in [0.1, 0.15) is 87.6 Å². The van der Waals surface area contributed by atoms with Crippen LogP contribution in [0.25, 0.3) is 22.0 Å². The molecule has 12 heteroatoms. The molecule has 1 amide bonds. The van der Waals surface area contributed by atoms with Crippen molar-refractivity contribution in [3.05, 3.63) is 92.8 Å². The molecular weight excluding hydrogens is 673 g/mol. The van der Waals surface area contributed by atoms with Crippen molar-refractivity contribution in [1.29, 1.82) is 0 Å². The molecule has 282 valence electrons. The van der Waals surface area contributed by atoms with E-state index in [0.717, 1.165) is 13.3 Å². The number of carbonyl (C=O) groups is 2. The van der Waals surface area contributed by atoms with E-state index in [-0.39, 0.29) is 34.2 Å². The number of pyridine rings is 2. The van der Waals surface area contributed by atoms with Crippen LogP contribution in [-0.2, 0) is 28.9 Å². The summed E-state index contributed by atoms with van der Waals surface area (Å²) in [4.78, 5) is 45.6. The number of carboxylic acids is 1. The average Bonchev–Trinajstić information content (AvgIpc) is 3.11. The number of morpholine rings is 1. The fourth-order valence-corrected chi connectivity index (χ4v) is 6.25. The number of hydrogen-bond acceptors (Lipinski definition) is 6. The highest BCUT2D eigenvalue weighted by Crippen LogP contribution is 2.37. The number of anilines is 1. The largest absolute Gasteiger partial charge is 0.480 e. The molecule has 1 saturated heterocycles. The minimum Gasteiger partial charge on any atom is -0.480 e. The van der Waals surface area contributed by atoms with Gasteiger partial charge in [0.2, 0.25) is 0 Å². The summed E-state index contributed by atoms with van der Waals surface area (Å²) in [5, 5.41) is 13.0. The number of aryl methyl sites for hydroxylation is 2. The Morgan fingerprint density at radius 2 is 1.79 bits per heavy atom. The summed E-state index contributed by atoms with van der Waals surface area (Å²) in [6, 6.07) is 9.02. The predicted octanol–water partition coefficient (Wildman–Crippen LogP) is 7.95. The summed E-state index contributed by atoms with van der Waals surface area (Å²) in [5.74, 6) is -6.36. The number of carbonyl (C=O) groups excluding carboxylic acids is 1. The first-order chi connectivity index (χ1) is 24.5. The highest BCUT2D eigenvalue weighted by molar-refractivity contribution is 5.99. The van der Waals surface area contributed by atoms with Crippen LogP contribution < -0.4 is 15.8 Å². The molecule has 3 heterocycles. The van der Waals surface area contributed by atoms with Gasteiger partial charge in [-0.05, 0) is 62.6 Å². The van der Waals surface area contributed by atoms with Gasteiger partial charge in [-0.2, -0.15) is 0 Å². The third-order valence-electron chi connectivity index (χ3n) is 9.25. The molecule has 0 spiro atoms. The lowest BCUT2D eigenvalue weighted by Crippen LogP contribution is -2.50. The fourth-order valence-electron chi connectivity index (χ4n) is 6.25. The topological polar surface area (TPSA) is 114 Å². The van der Waals surface area contributed by atoms with Gasteiger partial charge in [-0.15, -0.1) is 0 Å². The van der Waals surface area contributed by atoms with Crippen molar-refractivity contribution in [2.24, 2.45) is 7.05 Å². The molecule has 5 rings (SSSR count). The third-order valence-corrected chi connectivity index (χ3v) is 9.25. The first-order valence-electron chi connectivity index (χ1n) is 17.7. The second-order valence-corrected chi connectivity index (χ2v) is 12.8. The number of hydrogen-bond donors (Lipinski definition) is 2. The molecule has 2 N–H and O–H groups in total. The van der Waals surface area contributed by atoms with E-state index >= 15 is 4.39 Å². The maximum absolute atomic E-state index is 15.5. The van der Waals surface area contributed by atoms with Crippen molar-refractivity contribution in [2.75, 3.05) is 24.6 Å². The summed E-state index contributed by atoms with van der Waals surface area (Å²) >= 11 is 0. The van der Waals surface area contributed by atoms with E-state index in [1.54, 1.807) is 32.0 Å². The molecule has 0 bridgehead atoms. The molecule has 2 atom stereocenters. The van der Waals surface area contributed by atoms with E-state index in [4.69, 9.17) is 4.74 Å². The van der Waals surface area contributed by atoms with Crippen molar-refractivity contribution >= 4 is 28.5 Å². The molecule has 2 aromatic carbocycles. The molecule has 0 radical (unpaired) electrons. The molecule has 0 aliphatic carbocycles. The van der Waals surface area contributed by atoms with Gasteiger partial charge >= 0.3 is 5.97 Å². The number of carboxylic acid groups (broad SMARTS) is 1. The zero-order chi connectivity index (χ0) is 39.1. The number of aliphatic carboxylic acids is 1. The maximum atomic E-state index is 15.5. The Morgan fingerprint density at radius 3 is 2.38 bits per heavy atom. The lowest BCUT2D eigenvalue weighted by atomic mass is 9.91. The number of halogens is 3. The van der Waals surface area contributed by atoms with Gasteiger partial charge in [-0.3, -0.25) is 14.6 Å². The van der Waals surface area contributed by atoms with E-state index in [2.05, 4.69) is 10.3 Å². The lowest BCUT2D eigenvalue weighted by molar-refractivity contribution is -0.139. The van der Waals surface area contributed by atoms with Gasteiger partial charge in [0, 0.05) is 67.6 Å². The van der Waals surface area contributed by atoms with Gasteiger partial charge in [-0.25, -0.2) is 18.0 Å². The molecule has 2 aromatic heterocycles. The second-order valence-electron chi connectivity index (χ2n) is 12.8. The number of ether oxygens (including phenoxy) is 1. The van der Waals surface area contributed by atoms with Crippen LogP contribution in [0.3, 0.4) is 0 Å². The smallest absolute Gasteiger partial charge is 0.326 e. The monoisotopic (exact) mass is 724 g/mol. The summed E-state index contributed by atoms with van der Waals surface area (Å²) in [7, 11) is 1.49. The van der Waals surface area contributed by atoms with Gasteiger partial charge in [-0.1, -0.05) is 52.8 Å². The Balaban J connectivity index is 0.00000176. The Kier molecular flexibility index (Phi) is 13.8. The molecule has 1 aliphatic rings. The Hall–Kier alpha value is -4.71. The number of alkyl halides is 2. The maximum Gasteiger partial charge on any atom is 0.326 e. The zero-order valence-corrected chi connectivity index (χ0v) is 31.8. The number of benzene rings is 2. The number of aromatic nitrogens is 2. The van der Waals surface area contributed by atoms with E-state index in [1.165, 1.54) is 42.1 Å². The SMILES string of the molecule is CC.CC.CC[C@@]1(C)CN(c2cc(C)c(C(=O)N[C@@H](Cc3ccc(-c4c(C(C)(F)F)cc(C)n(C)c4=O)c4ncccc34)C(=O)O)c(F)c2)CCO1. The second kappa shape index (κ2) is 17.2. The van der Waals surface area contributed by atoms with Crippen LogP contribution >= 0.6 is 0 Å². The fraction of sp³-hybridized carbons (Fsp3) is 0.450. The molecule has 4 aromatic rings. The summed E-state index contributed by atoms with van der Waals surface area (Å²) < 4.78 is 52.3. The van der Waals surface area contributed by atoms with E-state index < -0.39 is 40.8 Å². The molecular formula is C40H51F3N4O5. The minimum atomic E-state index is -3.34. The van der Waals surface area contributed by atoms with E-state index in [0.29, 0.717) is 47.6 Å². The van der Waals surface area contributed by atoms with Crippen molar-refractivity contribution < 1.29 is 32.6 Å². The van der Waals surface area contributed by atoms with Crippen molar-refractivity contribution in [2.45, 2.75) is 92.7 Å². The number of rotatable bonds is 9. The highest BCUT2D eigenvalue weighted by Gasteiger charge is 2.33. The van der Waals surface area contributed by atoms with Gasteiger partial charge < -0.3 is 24.6 Å². The van der Waals surface area contributed by atoms with Crippen LogP contribution in [0.5, 0.6) is 0 Å². The predicted molar refractivity (Wildman–Crippen MR) is 200 cm³/mol. The number of amides is 1. The Labute approximate surface area is 303 Å². The molecule has 1 fully saturated rings. The number of fused-ring (bicyclic) bond motifs is 1. The Morgan fingerprint density at radius 1 is 1.12 bits per heavy atom. The molecule has 0 saturated carbocycles. The van der Waals surface area contributed by atoms with Crippen molar-refractivity contribution in [3.63, 3.8) is 0 Å². The van der Waals surface area contributed by atoms with Gasteiger partial charge in [0.05, 0.1) is 28.9 Å². The Bertz CT molecular complexity index is 1950. The molecule has 52 heavy (non-hydrogen) atoms. The van der Waals surface area contributed by atoms with Crippen LogP contribution in [0.4, 0.5) is 18.9 Å². The minimum absolute atomic E-state index is 0.166. The highest BCUT2D eigenvalue weighted by atomic mass is 19.3. The first-order valence-corrected chi connectivity index (χ1v) is 17.7. The summed E-state index contributed by atoms with van der Waals surface area (Å²) in [6.07, 6.45) is 1.99.